The molecular formula is C17H23FN4O. The predicted molar refractivity (Wildman–Crippen MR) is 88.9 cm³/mol. The Kier molecular flexibility index (Phi) is 4.50. The van der Waals surface area contributed by atoms with Gasteiger partial charge in [0.05, 0.1) is 5.52 Å². The summed E-state index contributed by atoms with van der Waals surface area (Å²) in [5.41, 5.74) is 1.18. The lowest BCUT2D eigenvalue weighted by atomic mass is 9.85. The van der Waals surface area contributed by atoms with Crippen molar-refractivity contribution < 1.29 is 9.18 Å². The second-order valence-corrected chi connectivity index (χ2v) is 6.27. The molecule has 0 aliphatic heterocycles. The van der Waals surface area contributed by atoms with Gasteiger partial charge in [-0.2, -0.15) is 0 Å². The fourth-order valence-corrected chi connectivity index (χ4v) is 2.95. The van der Waals surface area contributed by atoms with Crippen molar-refractivity contribution in [2.45, 2.75) is 25.7 Å². The molecule has 6 heteroatoms. The molecule has 124 valence electrons. The summed E-state index contributed by atoms with van der Waals surface area (Å²) in [6, 6.07) is 4.98. The monoisotopic (exact) mass is 318 g/mol. The van der Waals surface area contributed by atoms with E-state index in [9.17, 15) is 9.18 Å². The topological polar surface area (TPSA) is 50.2 Å². The van der Waals surface area contributed by atoms with Crippen molar-refractivity contribution in [3.05, 3.63) is 24.0 Å². The molecule has 0 atom stereocenters. The number of benzene rings is 1. The third kappa shape index (κ3) is 3.16. The van der Waals surface area contributed by atoms with Crippen LogP contribution in [0.25, 0.3) is 11.0 Å². The zero-order valence-corrected chi connectivity index (χ0v) is 13.7. The number of aryl methyl sites for hydroxylation is 1. The fraction of sp³-hybridized carbons (Fsp3) is 0.529. The maximum atomic E-state index is 13.8. The summed E-state index contributed by atoms with van der Waals surface area (Å²) < 4.78 is 15.7. The number of hydrogen-bond acceptors (Lipinski definition) is 3. The Balaban J connectivity index is 1.56. The van der Waals surface area contributed by atoms with Gasteiger partial charge in [-0.1, -0.05) is 12.5 Å². The number of rotatable bonds is 6. The minimum atomic E-state index is -0.300. The van der Waals surface area contributed by atoms with E-state index >= 15 is 0 Å². The number of nitrogens with zero attached hydrogens (tertiary/aromatic N) is 3. The van der Waals surface area contributed by atoms with E-state index in [2.05, 4.69) is 10.3 Å². The molecule has 0 bridgehead atoms. The average molecular weight is 318 g/mol. The standard InChI is InChI=1S/C17H23FN4O/c1-21(11-5-10-19-16(23)12-6-3-7-12)17-20-15-13(18)8-4-9-14(15)22(17)2/h4,8-9,12H,3,5-7,10-11H2,1-2H3,(H,19,23). The maximum Gasteiger partial charge on any atom is 0.223 e. The van der Waals surface area contributed by atoms with E-state index in [-0.39, 0.29) is 17.6 Å². The number of imidazole rings is 1. The van der Waals surface area contributed by atoms with Gasteiger partial charge in [0, 0.05) is 33.1 Å². The second-order valence-electron chi connectivity index (χ2n) is 6.27. The van der Waals surface area contributed by atoms with Gasteiger partial charge in [-0.05, 0) is 31.4 Å². The molecule has 1 N–H and O–H groups in total. The highest BCUT2D eigenvalue weighted by Crippen LogP contribution is 2.26. The third-order valence-corrected chi connectivity index (χ3v) is 4.63. The number of fused-ring (bicyclic) bond motifs is 1. The Morgan fingerprint density at radius 2 is 2.26 bits per heavy atom. The van der Waals surface area contributed by atoms with Crippen LogP contribution in [0.5, 0.6) is 0 Å². The lowest BCUT2D eigenvalue weighted by molar-refractivity contribution is -0.127. The van der Waals surface area contributed by atoms with E-state index < -0.39 is 0 Å². The van der Waals surface area contributed by atoms with E-state index in [1.54, 1.807) is 6.07 Å². The van der Waals surface area contributed by atoms with Crippen molar-refractivity contribution in [3.8, 4) is 0 Å². The van der Waals surface area contributed by atoms with Crippen LogP contribution in [0.4, 0.5) is 10.3 Å². The van der Waals surface area contributed by atoms with Gasteiger partial charge < -0.3 is 14.8 Å². The van der Waals surface area contributed by atoms with Crippen LogP contribution in [0.1, 0.15) is 25.7 Å². The summed E-state index contributed by atoms with van der Waals surface area (Å²) in [7, 11) is 3.83. The first-order valence-corrected chi connectivity index (χ1v) is 8.17. The van der Waals surface area contributed by atoms with Gasteiger partial charge in [-0.25, -0.2) is 9.37 Å². The first-order chi connectivity index (χ1) is 11.1. The summed E-state index contributed by atoms with van der Waals surface area (Å²) in [6.45, 7) is 1.42. The molecule has 1 aromatic heterocycles. The molecule has 5 nitrogen and oxygen atoms in total. The molecular weight excluding hydrogens is 295 g/mol. The minimum absolute atomic E-state index is 0.184. The lowest BCUT2D eigenvalue weighted by Crippen LogP contribution is -2.36. The zero-order valence-electron chi connectivity index (χ0n) is 13.7. The van der Waals surface area contributed by atoms with E-state index in [1.807, 2.05) is 29.6 Å². The molecule has 1 aromatic carbocycles. The summed E-state index contributed by atoms with van der Waals surface area (Å²) in [5.74, 6) is 0.847. The minimum Gasteiger partial charge on any atom is -0.356 e. The van der Waals surface area contributed by atoms with Gasteiger partial charge in [-0.15, -0.1) is 0 Å². The van der Waals surface area contributed by atoms with E-state index in [0.29, 0.717) is 12.1 Å². The average Bonchev–Trinajstić information content (AvgIpc) is 2.81. The SMILES string of the molecule is CN(CCCNC(=O)C1CCC1)c1nc2c(F)cccc2n1C. The van der Waals surface area contributed by atoms with Gasteiger partial charge in [0.25, 0.3) is 0 Å². The van der Waals surface area contributed by atoms with Crippen molar-refractivity contribution in [2.75, 3.05) is 25.0 Å². The van der Waals surface area contributed by atoms with Crippen LogP contribution in [-0.2, 0) is 11.8 Å². The van der Waals surface area contributed by atoms with Crippen LogP contribution in [0.2, 0.25) is 0 Å². The van der Waals surface area contributed by atoms with Crippen molar-refractivity contribution in [1.82, 2.24) is 14.9 Å². The van der Waals surface area contributed by atoms with Crippen LogP contribution < -0.4 is 10.2 Å². The first kappa shape index (κ1) is 15.8. The highest BCUT2D eigenvalue weighted by molar-refractivity contribution is 5.80. The maximum absolute atomic E-state index is 13.8. The molecule has 1 fully saturated rings. The quantitative estimate of drug-likeness (QED) is 0.832. The first-order valence-electron chi connectivity index (χ1n) is 8.17. The Morgan fingerprint density at radius 1 is 1.48 bits per heavy atom. The summed E-state index contributed by atoms with van der Waals surface area (Å²) in [5, 5.41) is 2.99. The third-order valence-electron chi connectivity index (χ3n) is 4.63. The molecule has 0 unspecified atom stereocenters. The lowest BCUT2D eigenvalue weighted by Gasteiger charge is -2.24. The number of anilines is 1. The number of hydrogen-bond donors (Lipinski definition) is 1. The number of halogens is 1. The van der Waals surface area contributed by atoms with E-state index in [4.69, 9.17) is 0 Å². The summed E-state index contributed by atoms with van der Waals surface area (Å²) in [4.78, 5) is 18.2. The van der Waals surface area contributed by atoms with Crippen LogP contribution in [0, 0.1) is 11.7 Å². The largest absolute Gasteiger partial charge is 0.356 e. The van der Waals surface area contributed by atoms with Crippen LogP contribution in [0.15, 0.2) is 18.2 Å². The van der Waals surface area contributed by atoms with Crippen LogP contribution >= 0.6 is 0 Å². The molecule has 1 heterocycles. The number of para-hydroxylation sites is 1. The molecule has 0 spiro atoms. The predicted octanol–water partition coefficient (Wildman–Crippen LogP) is 2.46. The van der Waals surface area contributed by atoms with Gasteiger partial charge >= 0.3 is 0 Å². The van der Waals surface area contributed by atoms with Gasteiger partial charge in [0.1, 0.15) is 5.52 Å². The van der Waals surface area contributed by atoms with Crippen LogP contribution in [0.3, 0.4) is 0 Å². The van der Waals surface area contributed by atoms with Crippen molar-refractivity contribution >= 4 is 22.9 Å². The molecule has 1 aliphatic rings. The number of amides is 1. The Hall–Kier alpha value is -2.11. The molecule has 1 amide bonds. The second kappa shape index (κ2) is 6.56. The summed E-state index contributed by atoms with van der Waals surface area (Å²) in [6.07, 6.45) is 4.05. The smallest absolute Gasteiger partial charge is 0.223 e. The highest BCUT2D eigenvalue weighted by atomic mass is 19.1. The number of carbonyl (C=O) groups is 1. The van der Waals surface area contributed by atoms with Gasteiger partial charge in [-0.3, -0.25) is 4.79 Å². The molecule has 1 saturated carbocycles. The molecule has 1 aliphatic carbocycles. The Morgan fingerprint density at radius 3 is 2.91 bits per heavy atom. The zero-order chi connectivity index (χ0) is 16.4. The number of aromatic nitrogens is 2. The van der Waals surface area contributed by atoms with Gasteiger partial charge in [0.15, 0.2) is 5.82 Å². The van der Waals surface area contributed by atoms with Crippen molar-refractivity contribution in [2.24, 2.45) is 13.0 Å². The Labute approximate surface area is 135 Å². The van der Waals surface area contributed by atoms with E-state index in [0.717, 1.165) is 37.3 Å². The molecule has 3 rings (SSSR count). The Bertz CT molecular complexity index is 708. The number of nitrogens with one attached hydrogen (secondary N) is 1. The van der Waals surface area contributed by atoms with Gasteiger partial charge in [0.2, 0.25) is 11.9 Å². The molecule has 2 aromatic rings. The van der Waals surface area contributed by atoms with E-state index in [1.165, 1.54) is 12.5 Å². The molecule has 0 saturated heterocycles. The normalized spacial score (nSPS) is 14.7. The summed E-state index contributed by atoms with van der Waals surface area (Å²) >= 11 is 0. The number of carbonyl (C=O) groups excluding carboxylic acids is 1. The highest BCUT2D eigenvalue weighted by Gasteiger charge is 2.24. The fourth-order valence-electron chi connectivity index (χ4n) is 2.95. The van der Waals surface area contributed by atoms with Crippen LogP contribution in [-0.4, -0.2) is 35.6 Å². The van der Waals surface area contributed by atoms with Crippen molar-refractivity contribution in [1.29, 1.82) is 0 Å². The molecule has 0 radical (unpaired) electrons. The van der Waals surface area contributed by atoms with Crippen molar-refractivity contribution in [3.63, 3.8) is 0 Å². The molecule has 23 heavy (non-hydrogen) atoms.